The molecule has 150 valence electrons. The number of rotatable bonds is 1. The number of nitrogens with zero attached hydrogens (tertiary/aromatic N) is 1. The van der Waals surface area contributed by atoms with Crippen LogP contribution >= 0.6 is 0 Å². The van der Waals surface area contributed by atoms with Crippen molar-refractivity contribution < 1.29 is 10.2 Å². The van der Waals surface area contributed by atoms with Crippen LogP contribution in [0.4, 0.5) is 0 Å². The fraction of sp³-hybridized carbons (Fsp3) is 0.833. The molecule has 5 rings (SSSR count). The topological polar surface area (TPSA) is 43.7 Å². The van der Waals surface area contributed by atoms with Crippen LogP contribution in [0.15, 0.2) is 23.8 Å². The molecule has 2 N–H and O–H groups in total. The molecule has 3 heteroatoms. The lowest BCUT2D eigenvalue weighted by Gasteiger charge is -2.60. The summed E-state index contributed by atoms with van der Waals surface area (Å²) in [6, 6.07) is 0. The van der Waals surface area contributed by atoms with Crippen LogP contribution in [0.3, 0.4) is 0 Å². The van der Waals surface area contributed by atoms with Gasteiger partial charge in [0.1, 0.15) is 5.72 Å². The van der Waals surface area contributed by atoms with Crippen molar-refractivity contribution in [3.8, 4) is 0 Å². The van der Waals surface area contributed by atoms with Gasteiger partial charge < -0.3 is 10.2 Å². The largest absolute Gasteiger partial charge is 0.389 e. The van der Waals surface area contributed by atoms with Crippen LogP contribution in [-0.4, -0.2) is 40.0 Å². The molecule has 1 saturated heterocycles. The van der Waals surface area contributed by atoms with Gasteiger partial charge in [-0.05, 0) is 73.5 Å². The first kappa shape index (κ1) is 18.4. The predicted molar refractivity (Wildman–Crippen MR) is 108 cm³/mol. The molecule has 1 heterocycles. The molecule has 27 heavy (non-hydrogen) atoms. The first-order valence-corrected chi connectivity index (χ1v) is 11.4. The molecule has 0 radical (unpaired) electrons. The van der Waals surface area contributed by atoms with E-state index in [-0.39, 0.29) is 16.9 Å². The van der Waals surface area contributed by atoms with Crippen LogP contribution in [0, 0.1) is 28.6 Å². The van der Waals surface area contributed by atoms with Crippen LogP contribution in [0.5, 0.6) is 0 Å². The molecule has 2 unspecified atom stereocenters. The summed E-state index contributed by atoms with van der Waals surface area (Å²) in [4.78, 5) is 2.34. The smallest absolute Gasteiger partial charge is 0.122 e. The van der Waals surface area contributed by atoms with E-state index in [1.807, 2.05) is 0 Å². The van der Waals surface area contributed by atoms with Crippen molar-refractivity contribution in [2.45, 2.75) is 83.5 Å². The van der Waals surface area contributed by atoms with Crippen molar-refractivity contribution in [3.63, 3.8) is 0 Å². The summed E-state index contributed by atoms with van der Waals surface area (Å²) in [5.41, 5.74) is 1.12. The standard InChI is InChI=1S/C24H37NO2/c1-22-9-6-7-18(22)21-19(8-10-22)23(2)11-12-24(27,16-17(23)15-20(21)26)25-13-4-3-5-14-25/h6,9,15,18-21,26-27H,3-5,7-8,10-14,16H2,1-2H3/t18-,19-,20?,21-,22-,23-,24?/m0/s1. The lowest BCUT2D eigenvalue weighted by Crippen LogP contribution is -2.59. The summed E-state index contributed by atoms with van der Waals surface area (Å²) in [5.74, 6) is 1.54. The Labute approximate surface area is 164 Å². The number of fused-ring (bicyclic) bond motifs is 5. The summed E-state index contributed by atoms with van der Waals surface area (Å²) in [5, 5.41) is 22.7. The number of hydrogen-bond donors (Lipinski definition) is 2. The molecule has 0 aromatic carbocycles. The summed E-state index contributed by atoms with van der Waals surface area (Å²) in [6.07, 6.45) is 16.6. The lowest BCUT2D eigenvalue weighted by atomic mass is 9.47. The van der Waals surface area contributed by atoms with Gasteiger partial charge in [0, 0.05) is 19.5 Å². The molecule has 1 aliphatic heterocycles. The highest BCUT2D eigenvalue weighted by Gasteiger charge is 2.59. The lowest BCUT2D eigenvalue weighted by molar-refractivity contribution is -0.155. The van der Waals surface area contributed by atoms with E-state index in [0.717, 1.165) is 38.8 Å². The maximum atomic E-state index is 11.5. The summed E-state index contributed by atoms with van der Waals surface area (Å²) in [6.45, 7) is 6.91. The molecule has 3 nitrogen and oxygen atoms in total. The molecule has 0 amide bonds. The van der Waals surface area contributed by atoms with E-state index in [0.29, 0.717) is 17.8 Å². The van der Waals surface area contributed by atoms with Gasteiger partial charge in [-0.25, -0.2) is 0 Å². The molecule has 7 atom stereocenters. The van der Waals surface area contributed by atoms with Gasteiger partial charge in [-0.15, -0.1) is 0 Å². The third-order valence-electron chi connectivity index (χ3n) is 9.44. The Morgan fingerprint density at radius 2 is 1.81 bits per heavy atom. The Morgan fingerprint density at radius 3 is 2.59 bits per heavy atom. The van der Waals surface area contributed by atoms with Gasteiger partial charge in [0.2, 0.25) is 0 Å². The van der Waals surface area contributed by atoms with Gasteiger partial charge >= 0.3 is 0 Å². The Morgan fingerprint density at radius 1 is 1.04 bits per heavy atom. The first-order valence-electron chi connectivity index (χ1n) is 11.4. The molecule has 0 spiro atoms. The fourth-order valence-corrected chi connectivity index (χ4v) is 7.69. The molecule has 5 aliphatic rings. The minimum absolute atomic E-state index is 0.163. The molecule has 0 aromatic rings. The Bertz CT molecular complexity index is 665. The zero-order valence-electron chi connectivity index (χ0n) is 17.2. The van der Waals surface area contributed by atoms with Crippen molar-refractivity contribution in [2.75, 3.05) is 13.1 Å². The van der Waals surface area contributed by atoms with Crippen LogP contribution in [0.2, 0.25) is 0 Å². The maximum absolute atomic E-state index is 11.5. The van der Waals surface area contributed by atoms with Gasteiger partial charge in [0.25, 0.3) is 0 Å². The average Bonchev–Trinajstić information content (AvgIpc) is 3.06. The number of allylic oxidation sites excluding steroid dienone is 2. The van der Waals surface area contributed by atoms with Crippen molar-refractivity contribution in [2.24, 2.45) is 28.6 Å². The predicted octanol–water partition coefficient (Wildman–Crippen LogP) is 4.26. The quantitative estimate of drug-likeness (QED) is 0.677. The van der Waals surface area contributed by atoms with Gasteiger partial charge in [-0.3, -0.25) is 4.90 Å². The van der Waals surface area contributed by atoms with Gasteiger partial charge in [-0.1, -0.05) is 44.1 Å². The molecule has 4 aliphatic carbocycles. The van der Waals surface area contributed by atoms with Gasteiger partial charge in [0.05, 0.1) is 6.10 Å². The summed E-state index contributed by atoms with van der Waals surface area (Å²) in [7, 11) is 0. The van der Waals surface area contributed by atoms with Gasteiger partial charge in [0.15, 0.2) is 0 Å². The van der Waals surface area contributed by atoms with Crippen LogP contribution in [0.1, 0.15) is 71.6 Å². The van der Waals surface area contributed by atoms with Crippen molar-refractivity contribution in [3.05, 3.63) is 23.8 Å². The van der Waals surface area contributed by atoms with Crippen molar-refractivity contribution in [1.82, 2.24) is 4.90 Å². The highest BCUT2D eigenvalue weighted by atomic mass is 16.3. The van der Waals surface area contributed by atoms with E-state index < -0.39 is 5.72 Å². The molecular weight excluding hydrogens is 334 g/mol. The monoisotopic (exact) mass is 371 g/mol. The van der Waals surface area contributed by atoms with E-state index in [1.54, 1.807) is 0 Å². The molecule has 2 saturated carbocycles. The highest BCUT2D eigenvalue weighted by Crippen LogP contribution is 2.64. The second-order valence-corrected chi connectivity index (χ2v) is 10.8. The Hall–Kier alpha value is -0.640. The number of likely N-dealkylation sites (tertiary alicyclic amines) is 1. The SMILES string of the molecule is C[C@@]12C=CC[C@H]1[C@@H]1C(O)C=C3CC(O)(N4CCCCC4)CC[C@]3(C)[C@H]1CC2. The van der Waals surface area contributed by atoms with Crippen molar-refractivity contribution in [1.29, 1.82) is 0 Å². The zero-order chi connectivity index (χ0) is 18.9. The average molecular weight is 372 g/mol. The van der Waals surface area contributed by atoms with E-state index in [2.05, 4.69) is 37.0 Å². The third-order valence-corrected chi connectivity index (χ3v) is 9.44. The van der Waals surface area contributed by atoms with Crippen LogP contribution < -0.4 is 0 Å². The molecule has 3 fully saturated rings. The Balaban J connectivity index is 1.45. The summed E-state index contributed by atoms with van der Waals surface area (Å²) >= 11 is 0. The number of aliphatic hydroxyl groups is 2. The van der Waals surface area contributed by atoms with E-state index >= 15 is 0 Å². The number of aliphatic hydroxyl groups excluding tert-OH is 1. The van der Waals surface area contributed by atoms with E-state index in [1.165, 1.54) is 37.7 Å². The van der Waals surface area contributed by atoms with Crippen LogP contribution in [0.25, 0.3) is 0 Å². The summed E-state index contributed by atoms with van der Waals surface area (Å²) < 4.78 is 0. The third kappa shape index (κ3) is 2.64. The number of hydrogen-bond acceptors (Lipinski definition) is 3. The fourth-order valence-electron chi connectivity index (χ4n) is 7.69. The van der Waals surface area contributed by atoms with E-state index in [9.17, 15) is 10.2 Å². The van der Waals surface area contributed by atoms with E-state index in [4.69, 9.17) is 0 Å². The molecule has 0 bridgehead atoms. The minimum Gasteiger partial charge on any atom is -0.389 e. The normalized spacial score (nSPS) is 52.7. The number of piperidine rings is 1. The van der Waals surface area contributed by atoms with Gasteiger partial charge in [-0.2, -0.15) is 0 Å². The zero-order valence-corrected chi connectivity index (χ0v) is 17.2. The Kier molecular flexibility index (Phi) is 4.21. The first-order chi connectivity index (χ1) is 12.9. The minimum atomic E-state index is -0.684. The molecule has 0 aromatic heterocycles. The second-order valence-electron chi connectivity index (χ2n) is 10.8. The highest BCUT2D eigenvalue weighted by molar-refractivity contribution is 5.30. The molecular formula is C24H37NO2. The second kappa shape index (κ2) is 6.18. The van der Waals surface area contributed by atoms with Crippen LogP contribution in [-0.2, 0) is 0 Å². The maximum Gasteiger partial charge on any atom is 0.122 e. The van der Waals surface area contributed by atoms with Crippen molar-refractivity contribution >= 4 is 0 Å².